The summed E-state index contributed by atoms with van der Waals surface area (Å²) >= 11 is 0. The van der Waals surface area contributed by atoms with Crippen molar-refractivity contribution in [3.8, 4) is 5.75 Å². The molecule has 7 nitrogen and oxygen atoms in total. The van der Waals surface area contributed by atoms with Crippen molar-refractivity contribution < 1.29 is 19.1 Å². The molecule has 2 aromatic rings. The molecule has 0 aliphatic carbocycles. The third-order valence-electron chi connectivity index (χ3n) is 4.49. The minimum Gasteiger partial charge on any atom is -0.482 e. The number of rotatable bonds is 6. The summed E-state index contributed by atoms with van der Waals surface area (Å²) in [7, 11) is 0. The third-order valence-corrected chi connectivity index (χ3v) is 4.49. The summed E-state index contributed by atoms with van der Waals surface area (Å²) in [6.07, 6.45) is 0. The number of ether oxygens (including phenoxy) is 1. The standard InChI is InChI=1S/C22H25N3O4/c1-14(2)24-20(26)12-25-18-10-17(8-9-19(18)29-13-21(25)27)22(28)23-11-16-6-4-15(3)5-7-16/h4-10,14H,11-13H2,1-3H3,(H,23,28)(H,24,26). The topological polar surface area (TPSA) is 87.7 Å². The average Bonchev–Trinajstić information content (AvgIpc) is 2.68. The molecule has 2 N–H and O–H groups in total. The molecule has 0 unspecified atom stereocenters. The van der Waals surface area contributed by atoms with Gasteiger partial charge >= 0.3 is 0 Å². The summed E-state index contributed by atoms with van der Waals surface area (Å²) in [5, 5.41) is 5.64. The fourth-order valence-electron chi connectivity index (χ4n) is 3.02. The Morgan fingerprint density at radius 2 is 1.86 bits per heavy atom. The molecular formula is C22H25N3O4. The normalized spacial score (nSPS) is 13.0. The molecule has 152 valence electrons. The number of hydrogen-bond donors (Lipinski definition) is 2. The van der Waals surface area contributed by atoms with Gasteiger partial charge in [-0.15, -0.1) is 0 Å². The van der Waals surface area contributed by atoms with E-state index in [0.29, 0.717) is 23.5 Å². The van der Waals surface area contributed by atoms with Crippen molar-refractivity contribution in [3.63, 3.8) is 0 Å². The second-order valence-corrected chi connectivity index (χ2v) is 7.34. The molecule has 0 aromatic heterocycles. The molecule has 1 aliphatic heterocycles. The molecule has 3 amide bonds. The maximum absolute atomic E-state index is 12.6. The lowest BCUT2D eigenvalue weighted by Gasteiger charge is -2.29. The predicted octanol–water partition coefficient (Wildman–Crippen LogP) is 2.18. The van der Waals surface area contributed by atoms with Gasteiger partial charge in [0.2, 0.25) is 5.91 Å². The number of fused-ring (bicyclic) bond motifs is 1. The molecule has 0 spiro atoms. The van der Waals surface area contributed by atoms with Crippen LogP contribution in [0.5, 0.6) is 5.75 Å². The van der Waals surface area contributed by atoms with E-state index in [4.69, 9.17) is 4.74 Å². The maximum Gasteiger partial charge on any atom is 0.265 e. The highest BCUT2D eigenvalue weighted by Gasteiger charge is 2.28. The lowest BCUT2D eigenvalue weighted by atomic mass is 10.1. The zero-order valence-corrected chi connectivity index (χ0v) is 16.8. The molecule has 0 radical (unpaired) electrons. The molecule has 29 heavy (non-hydrogen) atoms. The summed E-state index contributed by atoms with van der Waals surface area (Å²) in [4.78, 5) is 38.4. The number of carbonyl (C=O) groups excluding carboxylic acids is 3. The van der Waals surface area contributed by atoms with Crippen LogP contribution in [0.1, 0.15) is 35.3 Å². The van der Waals surface area contributed by atoms with Crippen LogP contribution < -0.4 is 20.3 Å². The Balaban J connectivity index is 1.75. The highest BCUT2D eigenvalue weighted by Crippen LogP contribution is 2.32. The highest BCUT2D eigenvalue weighted by molar-refractivity contribution is 6.04. The van der Waals surface area contributed by atoms with Gasteiger partial charge in [-0.3, -0.25) is 19.3 Å². The van der Waals surface area contributed by atoms with Crippen LogP contribution in [0.2, 0.25) is 0 Å². The van der Waals surface area contributed by atoms with Gasteiger partial charge in [-0.05, 0) is 44.5 Å². The van der Waals surface area contributed by atoms with E-state index in [-0.39, 0.29) is 36.9 Å². The number of benzene rings is 2. The summed E-state index contributed by atoms with van der Waals surface area (Å²) in [6.45, 7) is 5.84. The molecular weight excluding hydrogens is 370 g/mol. The molecule has 0 fully saturated rings. The number of nitrogens with one attached hydrogen (secondary N) is 2. The molecule has 0 bridgehead atoms. The predicted molar refractivity (Wildman–Crippen MR) is 110 cm³/mol. The third kappa shape index (κ3) is 5.13. The van der Waals surface area contributed by atoms with Crippen molar-refractivity contribution in [2.24, 2.45) is 0 Å². The summed E-state index contributed by atoms with van der Waals surface area (Å²) < 4.78 is 5.45. The zero-order valence-electron chi connectivity index (χ0n) is 16.8. The van der Waals surface area contributed by atoms with E-state index < -0.39 is 0 Å². The van der Waals surface area contributed by atoms with Gasteiger partial charge in [0.25, 0.3) is 11.8 Å². The monoisotopic (exact) mass is 395 g/mol. The Hall–Kier alpha value is -3.35. The number of anilines is 1. The molecule has 1 aliphatic rings. The smallest absolute Gasteiger partial charge is 0.265 e. The lowest BCUT2D eigenvalue weighted by molar-refractivity contribution is -0.125. The first-order valence-corrected chi connectivity index (χ1v) is 9.54. The second kappa shape index (κ2) is 8.77. The van der Waals surface area contributed by atoms with Crippen LogP contribution in [0.3, 0.4) is 0 Å². The van der Waals surface area contributed by atoms with Crippen molar-refractivity contribution in [2.75, 3.05) is 18.1 Å². The Morgan fingerprint density at radius 3 is 2.55 bits per heavy atom. The average molecular weight is 395 g/mol. The Kier molecular flexibility index (Phi) is 6.16. The minimum atomic E-state index is -0.325. The van der Waals surface area contributed by atoms with E-state index in [2.05, 4.69) is 10.6 Å². The van der Waals surface area contributed by atoms with Gasteiger partial charge in [0.1, 0.15) is 12.3 Å². The van der Waals surface area contributed by atoms with Crippen LogP contribution in [-0.4, -0.2) is 36.9 Å². The first-order chi connectivity index (χ1) is 13.8. The Morgan fingerprint density at radius 1 is 1.14 bits per heavy atom. The molecule has 0 atom stereocenters. The molecule has 1 heterocycles. The van der Waals surface area contributed by atoms with Gasteiger partial charge in [-0.2, -0.15) is 0 Å². The Bertz CT molecular complexity index is 922. The maximum atomic E-state index is 12.6. The van der Waals surface area contributed by atoms with Gasteiger partial charge in [0.15, 0.2) is 6.61 Å². The molecule has 2 aromatic carbocycles. The van der Waals surface area contributed by atoms with Crippen molar-refractivity contribution in [1.29, 1.82) is 0 Å². The van der Waals surface area contributed by atoms with Gasteiger partial charge < -0.3 is 15.4 Å². The largest absolute Gasteiger partial charge is 0.482 e. The van der Waals surface area contributed by atoms with Crippen molar-refractivity contribution in [1.82, 2.24) is 10.6 Å². The first kappa shape index (κ1) is 20.4. The van der Waals surface area contributed by atoms with Crippen LogP contribution in [-0.2, 0) is 16.1 Å². The van der Waals surface area contributed by atoms with E-state index >= 15 is 0 Å². The fourth-order valence-corrected chi connectivity index (χ4v) is 3.02. The lowest BCUT2D eigenvalue weighted by Crippen LogP contribution is -2.46. The van der Waals surface area contributed by atoms with E-state index in [1.807, 2.05) is 45.0 Å². The molecule has 0 saturated heterocycles. The molecule has 0 saturated carbocycles. The summed E-state index contributed by atoms with van der Waals surface area (Å²) in [6, 6.07) is 12.7. The number of aryl methyl sites for hydroxylation is 1. The van der Waals surface area contributed by atoms with Gasteiger partial charge in [-0.25, -0.2) is 0 Å². The van der Waals surface area contributed by atoms with E-state index in [0.717, 1.165) is 11.1 Å². The SMILES string of the molecule is Cc1ccc(CNC(=O)c2ccc3c(c2)N(CC(=O)NC(C)C)C(=O)CO3)cc1. The van der Waals surface area contributed by atoms with E-state index in [1.165, 1.54) is 4.90 Å². The van der Waals surface area contributed by atoms with E-state index in [9.17, 15) is 14.4 Å². The van der Waals surface area contributed by atoms with Crippen LogP contribution >= 0.6 is 0 Å². The summed E-state index contributed by atoms with van der Waals surface area (Å²) in [5.41, 5.74) is 2.96. The van der Waals surface area contributed by atoms with Gasteiger partial charge in [-0.1, -0.05) is 29.8 Å². The quantitative estimate of drug-likeness (QED) is 0.785. The van der Waals surface area contributed by atoms with Crippen LogP contribution in [0.4, 0.5) is 5.69 Å². The van der Waals surface area contributed by atoms with Crippen molar-refractivity contribution in [3.05, 3.63) is 59.2 Å². The number of carbonyl (C=O) groups is 3. The number of amides is 3. The van der Waals surface area contributed by atoms with E-state index in [1.54, 1.807) is 18.2 Å². The first-order valence-electron chi connectivity index (χ1n) is 9.54. The number of nitrogens with zero attached hydrogens (tertiary/aromatic N) is 1. The number of hydrogen-bond acceptors (Lipinski definition) is 4. The van der Waals surface area contributed by atoms with Crippen LogP contribution in [0.15, 0.2) is 42.5 Å². The summed E-state index contributed by atoms with van der Waals surface area (Å²) in [5.74, 6) is -0.390. The van der Waals surface area contributed by atoms with Crippen molar-refractivity contribution in [2.45, 2.75) is 33.4 Å². The van der Waals surface area contributed by atoms with Gasteiger partial charge in [0.05, 0.1) is 5.69 Å². The molecule has 3 rings (SSSR count). The van der Waals surface area contributed by atoms with Gasteiger partial charge in [0, 0.05) is 18.2 Å². The highest BCUT2D eigenvalue weighted by atomic mass is 16.5. The van der Waals surface area contributed by atoms with Crippen LogP contribution in [0.25, 0.3) is 0 Å². The zero-order chi connectivity index (χ0) is 21.0. The minimum absolute atomic E-state index is 0.0306. The van der Waals surface area contributed by atoms with Crippen molar-refractivity contribution >= 4 is 23.4 Å². The van der Waals surface area contributed by atoms with Crippen LogP contribution in [0, 0.1) is 6.92 Å². The second-order valence-electron chi connectivity index (χ2n) is 7.34. The fraction of sp³-hybridized carbons (Fsp3) is 0.318. The molecule has 7 heteroatoms. The Labute approximate surface area is 170 Å².